The molecule has 2 aliphatic heterocycles. The van der Waals surface area contributed by atoms with Gasteiger partial charge in [0.15, 0.2) is 0 Å². The molecule has 0 unspecified atom stereocenters. The Morgan fingerprint density at radius 3 is 2.59 bits per heavy atom. The highest BCUT2D eigenvalue weighted by molar-refractivity contribution is 7.89. The van der Waals surface area contributed by atoms with Crippen LogP contribution in [0, 0.1) is 6.92 Å². The van der Waals surface area contributed by atoms with Crippen molar-refractivity contribution in [3.8, 4) is 0 Å². The van der Waals surface area contributed by atoms with Crippen molar-refractivity contribution < 1.29 is 17.9 Å². The quantitative estimate of drug-likeness (QED) is 0.596. The monoisotopic (exact) mass is 486 g/mol. The molecule has 8 nitrogen and oxygen atoms in total. The highest BCUT2D eigenvalue weighted by atomic mass is 32.2. The van der Waals surface area contributed by atoms with E-state index in [9.17, 15) is 13.2 Å². The Bertz CT molecular complexity index is 1110. The van der Waals surface area contributed by atoms with E-state index >= 15 is 0 Å². The Morgan fingerprint density at radius 1 is 1.12 bits per heavy atom. The standard InChI is InChI=1S/C25H34N4O4S/c1-3-28-11-13-29(14-12-28)24-10-9-21(16-19(24)2)27-25(30)20-6-4-8-23(17-20)34(31,32)26-18-22-7-5-15-33-22/h4,6,8-10,16-17,22,26H,3,5,7,11-15,18H2,1-2H3,(H,27,30)/t22-/m1/s1. The normalized spacial score (nSPS) is 19.4. The van der Waals surface area contributed by atoms with Crippen molar-refractivity contribution >= 4 is 27.3 Å². The average Bonchev–Trinajstić information content (AvgIpc) is 3.37. The molecule has 1 atom stereocenters. The maximum atomic E-state index is 12.9. The Morgan fingerprint density at radius 2 is 1.91 bits per heavy atom. The van der Waals surface area contributed by atoms with Crippen molar-refractivity contribution in [2.45, 2.75) is 37.7 Å². The number of nitrogens with one attached hydrogen (secondary N) is 2. The summed E-state index contributed by atoms with van der Waals surface area (Å²) < 4.78 is 33.5. The van der Waals surface area contributed by atoms with Gasteiger partial charge in [0.25, 0.3) is 5.91 Å². The first-order valence-corrected chi connectivity index (χ1v) is 13.4. The van der Waals surface area contributed by atoms with Gasteiger partial charge in [0.2, 0.25) is 10.0 Å². The molecule has 2 saturated heterocycles. The predicted octanol–water partition coefficient (Wildman–Crippen LogP) is 2.85. The molecule has 0 aliphatic carbocycles. The first-order chi connectivity index (χ1) is 16.4. The summed E-state index contributed by atoms with van der Waals surface area (Å²) in [7, 11) is -3.73. The minimum absolute atomic E-state index is 0.0656. The van der Waals surface area contributed by atoms with Crippen LogP contribution in [0.2, 0.25) is 0 Å². The number of likely N-dealkylation sites (N-methyl/N-ethyl adjacent to an activating group) is 1. The van der Waals surface area contributed by atoms with E-state index in [0.29, 0.717) is 12.3 Å². The summed E-state index contributed by atoms with van der Waals surface area (Å²) in [5.41, 5.74) is 3.25. The summed E-state index contributed by atoms with van der Waals surface area (Å²) >= 11 is 0. The zero-order valence-electron chi connectivity index (χ0n) is 19.9. The fourth-order valence-electron chi connectivity index (χ4n) is 4.49. The van der Waals surface area contributed by atoms with Crippen LogP contribution in [0.3, 0.4) is 0 Å². The molecule has 34 heavy (non-hydrogen) atoms. The fourth-order valence-corrected chi connectivity index (χ4v) is 5.60. The van der Waals surface area contributed by atoms with E-state index in [2.05, 4.69) is 26.8 Å². The molecule has 2 aromatic rings. The largest absolute Gasteiger partial charge is 0.377 e. The topological polar surface area (TPSA) is 91.0 Å². The lowest BCUT2D eigenvalue weighted by molar-refractivity contribution is 0.102. The molecule has 0 saturated carbocycles. The number of rotatable bonds is 8. The summed E-state index contributed by atoms with van der Waals surface area (Å²) in [5, 5.41) is 2.90. The molecule has 4 rings (SSSR count). The van der Waals surface area contributed by atoms with Gasteiger partial charge in [-0.2, -0.15) is 0 Å². The van der Waals surface area contributed by atoms with Crippen LogP contribution in [-0.4, -0.2) is 71.2 Å². The number of hydrogen-bond donors (Lipinski definition) is 2. The van der Waals surface area contributed by atoms with Gasteiger partial charge in [-0.05, 0) is 68.3 Å². The van der Waals surface area contributed by atoms with Crippen molar-refractivity contribution in [2.75, 3.05) is 56.1 Å². The Kier molecular flexibility index (Phi) is 7.88. The number of sulfonamides is 1. The van der Waals surface area contributed by atoms with Crippen LogP contribution in [0.15, 0.2) is 47.4 Å². The van der Waals surface area contributed by atoms with Crippen LogP contribution in [0.25, 0.3) is 0 Å². The molecule has 1 amide bonds. The van der Waals surface area contributed by atoms with Gasteiger partial charge in [-0.15, -0.1) is 0 Å². The minimum Gasteiger partial charge on any atom is -0.377 e. The van der Waals surface area contributed by atoms with Crippen molar-refractivity contribution in [1.29, 1.82) is 0 Å². The molecule has 184 valence electrons. The Balaban J connectivity index is 1.40. The van der Waals surface area contributed by atoms with Crippen LogP contribution < -0.4 is 14.9 Å². The number of benzene rings is 2. The number of piperazine rings is 1. The van der Waals surface area contributed by atoms with E-state index in [1.54, 1.807) is 12.1 Å². The van der Waals surface area contributed by atoms with Crippen LogP contribution in [0.1, 0.15) is 35.7 Å². The molecule has 2 N–H and O–H groups in total. The lowest BCUT2D eigenvalue weighted by Crippen LogP contribution is -2.46. The van der Waals surface area contributed by atoms with Gasteiger partial charge in [0.05, 0.1) is 11.0 Å². The molecule has 0 aromatic heterocycles. The molecular formula is C25H34N4O4S. The molecule has 2 heterocycles. The molecular weight excluding hydrogens is 452 g/mol. The maximum absolute atomic E-state index is 12.9. The third kappa shape index (κ3) is 5.96. The number of hydrogen-bond acceptors (Lipinski definition) is 6. The van der Waals surface area contributed by atoms with Gasteiger partial charge < -0.3 is 19.9 Å². The number of carbonyl (C=O) groups is 1. The SMILES string of the molecule is CCN1CCN(c2ccc(NC(=O)c3cccc(S(=O)(=O)NC[C@H]4CCCO4)c3)cc2C)CC1. The van der Waals surface area contributed by atoms with Crippen LogP contribution >= 0.6 is 0 Å². The van der Waals surface area contributed by atoms with Crippen molar-refractivity contribution in [1.82, 2.24) is 9.62 Å². The van der Waals surface area contributed by atoms with Crippen molar-refractivity contribution in [2.24, 2.45) is 0 Å². The van der Waals surface area contributed by atoms with E-state index in [0.717, 1.165) is 51.1 Å². The van der Waals surface area contributed by atoms with Crippen molar-refractivity contribution in [3.05, 3.63) is 53.6 Å². The number of anilines is 2. The molecule has 2 aliphatic rings. The Hall–Kier alpha value is -2.46. The van der Waals surface area contributed by atoms with Gasteiger partial charge in [-0.1, -0.05) is 13.0 Å². The zero-order chi connectivity index (χ0) is 24.1. The molecule has 0 radical (unpaired) electrons. The van der Waals surface area contributed by atoms with Crippen LogP contribution in [-0.2, 0) is 14.8 Å². The smallest absolute Gasteiger partial charge is 0.255 e. The first kappa shape index (κ1) is 24.7. The molecule has 2 fully saturated rings. The highest BCUT2D eigenvalue weighted by Gasteiger charge is 2.22. The third-order valence-corrected chi connectivity index (χ3v) is 7.97. The summed E-state index contributed by atoms with van der Waals surface area (Å²) in [4.78, 5) is 17.7. The second kappa shape index (κ2) is 10.9. The van der Waals surface area contributed by atoms with Gasteiger partial charge >= 0.3 is 0 Å². The average molecular weight is 487 g/mol. The lowest BCUT2D eigenvalue weighted by Gasteiger charge is -2.36. The number of amides is 1. The number of aryl methyl sites for hydroxylation is 1. The molecule has 0 spiro atoms. The lowest BCUT2D eigenvalue weighted by atomic mass is 10.1. The van der Waals surface area contributed by atoms with E-state index in [1.165, 1.54) is 17.8 Å². The third-order valence-electron chi connectivity index (χ3n) is 6.55. The molecule has 9 heteroatoms. The van der Waals surface area contributed by atoms with Crippen molar-refractivity contribution in [3.63, 3.8) is 0 Å². The summed E-state index contributed by atoms with van der Waals surface area (Å²) in [6, 6.07) is 12.0. The van der Waals surface area contributed by atoms with E-state index in [4.69, 9.17) is 4.74 Å². The summed E-state index contributed by atoms with van der Waals surface area (Å²) in [6.07, 6.45) is 1.69. The number of carbonyl (C=O) groups excluding carboxylic acids is 1. The number of nitrogens with zero attached hydrogens (tertiary/aromatic N) is 2. The van der Waals surface area contributed by atoms with Gasteiger partial charge in [-0.3, -0.25) is 4.79 Å². The highest BCUT2D eigenvalue weighted by Crippen LogP contribution is 2.25. The van der Waals surface area contributed by atoms with E-state index < -0.39 is 10.0 Å². The minimum atomic E-state index is -3.73. The first-order valence-electron chi connectivity index (χ1n) is 12.0. The predicted molar refractivity (Wildman–Crippen MR) is 134 cm³/mol. The zero-order valence-corrected chi connectivity index (χ0v) is 20.7. The van der Waals surface area contributed by atoms with Gasteiger partial charge in [0, 0.05) is 56.3 Å². The van der Waals surface area contributed by atoms with Gasteiger partial charge in [0.1, 0.15) is 0 Å². The molecule has 2 aromatic carbocycles. The van der Waals surface area contributed by atoms with E-state index in [-0.39, 0.29) is 29.0 Å². The fraction of sp³-hybridized carbons (Fsp3) is 0.480. The van der Waals surface area contributed by atoms with Crippen LogP contribution in [0.5, 0.6) is 0 Å². The van der Waals surface area contributed by atoms with Crippen LogP contribution in [0.4, 0.5) is 11.4 Å². The summed E-state index contributed by atoms with van der Waals surface area (Å²) in [6.45, 7) is 10.3. The second-order valence-electron chi connectivity index (χ2n) is 8.89. The summed E-state index contributed by atoms with van der Waals surface area (Å²) in [5.74, 6) is -0.347. The van der Waals surface area contributed by atoms with Gasteiger partial charge in [-0.25, -0.2) is 13.1 Å². The van der Waals surface area contributed by atoms with E-state index in [1.807, 2.05) is 25.1 Å². The number of ether oxygens (including phenoxy) is 1. The second-order valence-corrected chi connectivity index (χ2v) is 10.7. The maximum Gasteiger partial charge on any atom is 0.255 e. The Labute approximate surface area is 202 Å². The molecule has 0 bridgehead atoms.